The molecule has 0 radical (unpaired) electrons. The van der Waals surface area contributed by atoms with Gasteiger partial charge < -0.3 is 15.1 Å². The van der Waals surface area contributed by atoms with Gasteiger partial charge in [0.2, 0.25) is 0 Å². The van der Waals surface area contributed by atoms with Crippen LogP contribution in [-0.4, -0.2) is 58.3 Å². The molecular formula is C14H21N5O2. The maximum Gasteiger partial charge on any atom is 0.312 e. The maximum absolute atomic E-state index is 11.9. The van der Waals surface area contributed by atoms with Crippen molar-refractivity contribution in [3.63, 3.8) is 0 Å². The molecule has 1 fully saturated rings. The van der Waals surface area contributed by atoms with E-state index < -0.39 is 11.8 Å². The Morgan fingerprint density at radius 3 is 2.71 bits per heavy atom. The summed E-state index contributed by atoms with van der Waals surface area (Å²) in [5.41, 5.74) is 0.839. The Morgan fingerprint density at radius 2 is 2.00 bits per heavy atom. The summed E-state index contributed by atoms with van der Waals surface area (Å²) >= 11 is 0. The zero-order valence-electron chi connectivity index (χ0n) is 12.7. The van der Waals surface area contributed by atoms with Crippen molar-refractivity contribution in [2.45, 2.75) is 26.8 Å². The monoisotopic (exact) mass is 291 g/mol. The molecule has 1 aliphatic rings. The minimum Gasteiger partial charge on any atom is -0.370 e. The van der Waals surface area contributed by atoms with Gasteiger partial charge in [0, 0.05) is 38.4 Å². The molecule has 0 saturated carbocycles. The van der Waals surface area contributed by atoms with Gasteiger partial charge in [0.25, 0.3) is 0 Å². The highest BCUT2D eigenvalue weighted by Crippen LogP contribution is 2.11. The van der Waals surface area contributed by atoms with Crippen molar-refractivity contribution in [1.82, 2.24) is 19.8 Å². The van der Waals surface area contributed by atoms with E-state index in [0.717, 1.165) is 24.5 Å². The standard InChI is InChI=1S/C14H21N5O2/c1-4-5-15-11-8-10(2)16-12(17-11)9-19-7-6-18(3)13(20)14(19)21/h8H,4-7,9H2,1-3H3,(H,15,16,17). The number of carbonyl (C=O) groups is 2. The lowest BCUT2D eigenvalue weighted by Crippen LogP contribution is -2.52. The quantitative estimate of drug-likeness (QED) is 0.795. The fourth-order valence-corrected chi connectivity index (χ4v) is 2.14. The van der Waals surface area contributed by atoms with Crippen molar-refractivity contribution < 1.29 is 9.59 Å². The third-order valence-electron chi connectivity index (χ3n) is 3.31. The molecule has 0 unspecified atom stereocenters. The van der Waals surface area contributed by atoms with Gasteiger partial charge in [0.1, 0.15) is 11.6 Å². The highest BCUT2D eigenvalue weighted by Gasteiger charge is 2.30. The first-order chi connectivity index (χ1) is 10.0. The molecule has 1 N–H and O–H groups in total. The molecule has 1 aromatic rings. The number of carbonyl (C=O) groups excluding carboxylic acids is 2. The van der Waals surface area contributed by atoms with Crippen molar-refractivity contribution in [2.24, 2.45) is 0 Å². The number of aromatic nitrogens is 2. The Balaban J connectivity index is 2.10. The third kappa shape index (κ3) is 3.68. The van der Waals surface area contributed by atoms with E-state index in [9.17, 15) is 9.59 Å². The van der Waals surface area contributed by atoms with Crippen LogP contribution in [0.3, 0.4) is 0 Å². The summed E-state index contributed by atoms with van der Waals surface area (Å²) in [6.07, 6.45) is 1.00. The van der Waals surface area contributed by atoms with Gasteiger partial charge in [-0.25, -0.2) is 9.97 Å². The maximum atomic E-state index is 11.9. The average molecular weight is 291 g/mol. The molecule has 0 aromatic carbocycles. The fourth-order valence-electron chi connectivity index (χ4n) is 2.14. The SMILES string of the molecule is CCCNc1cc(C)nc(CN2CCN(C)C(=O)C2=O)n1. The van der Waals surface area contributed by atoms with Crippen LogP contribution in [0.1, 0.15) is 24.9 Å². The van der Waals surface area contributed by atoms with Crippen LogP contribution in [0, 0.1) is 6.92 Å². The lowest BCUT2D eigenvalue weighted by atomic mass is 10.3. The van der Waals surface area contributed by atoms with E-state index in [1.165, 1.54) is 9.80 Å². The molecule has 114 valence electrons. The number of anilines is 1. The van der Waals surface area contributed by atoms with Crippen molar-refractivity contribution in [2.75, 3.05) is 32.0 Å². The smallest absolute Gasteiger partial charge is 0.312 e. The van der Waals surface area contributed by atoms with Gasteiger partial charge in [-0.3, -0.25) is 9.59 Å². The number of hydrogen-bond donors (Lipinski definition) is 1. The van der Waals surface area contributed by atoms with Crippen LogP contribution < -0.4 is 5.32 Å². The van der Waals surface area contributed by atoms with Crippen LogP contribution >= 0.6 is 0 Å². The van der Waals surface area contributed by atoms with Crippen molar-refractivity contribution >= 4 is 17.6 Å². The highest BCUT2D eigenvalue weighted by atomic mass is 16.2. The molecule has 1 saturated heterocycles. The van der Waals surface area contributed by atoms with Gasteiger partial charge in [0.15, 0.2) is 0 Å². The van der Waals surface area contributed by atoms with Crippen molar-refractivity contribution in [3.8, 4) is 0 Å². The Labute approximate surface area is 124 Å². The van der Waals surface area contributed by atoms with E-state index in [-0.39, 0.29) is 6.54 Å². The van der Waals surface area contributed by atoms with E-state index in [1.807, 2.05) is 13.0 Å². The average Bonchev–Trinajstić information content (AvgIpc) is 2.45. The second-order valence-electron chi connectivity index (χ2n) is 5.19. The lowest BCUT2D eigenvalue weighted by molar-refractivity contribution is -0.155. The molecule has 2 heterocycles. The first kappa shape index (κ1) is 15.2. The molecule has 7 nitrogen and oxygen atoms in total. The number of hydrogen-bond acceptors (Lipinski definition) is 5. The number of amides is 2. The van der Waals surface area contributed by atoms with E-state index in [1.54, 1.807) is 7.05 Å². The number of nitrogens with zero attached hydrogens (tertiary/aromatic N) is 4. The molecule has 2 rings (SSSR count). The predicted molar refractivity (Wildman–Crippen MR) is 78.6 cm³/mol. The van der Waals surface area contributed by atoms with Crippen LogP contribution in [0.4, 0.5) is 5.82 Å². The van der Waals surface area contributed by atoms with E-state index in [4.69, 9.17) is 0 Å². The van der Waals surface area contributed by atoms with Crippen LogP contribution in [0.5, 0.6) is 0 Å². The van der Waals surface area contributed by atoms with Crippen LogP contribution in [0.15, 0.2) is 6.07 Å². The number of aryl methyl sites for hydroxylation is 1. The van der Waals surface area contributed by atoms with Crippen molar-refractivity contribution in [3.05, 3.63) is 17.6 Å². The Hall–Kier alpha value is -2.18. The molecule has 1 aromatic heterocycles. The summed E-state index contributed by atoms with van der Waals surface area (Å²) < 4.78 is 0. The molecule has 7 heteroatoms. The Kier molecular flexibility index (Phi) is 4.72. The zero-order valence-corrected chi connectivity index (χ0v) is 12.7. The minimum absolute atomic E-state index is 0.265. The van der Waals surface area contributed by atoms with E-state index in [0.29, 0.717) is 18.9 Å². The minimum atomic E-state index is -0.489. The Morgan fingerprint density at radius 1 is 1.24 bits per heavy atom. The third-order valence-corrected chi connectivity index (χ3v) is 3.31. The fraction of sp³-hybridized carbons (Fsp3) is 0.571. The second kappa shape index (κ2) is 6.51. The summed E-state index contributed by atoms with van der Waals surface area (Å²) in [7, 11) is 1.63. The van der Waals surface area contributed by atoms with Crippen LogP contribution in [-0.2, 0) is 16.1 Å². The van der Waals surface area contributed by atoms with Crippen LogP contribution in [0.25, 0.3) is 0 Å². The van der Waals surface area contributed by atoms with Gasteiger partial charge in [-0.2, -0.15) is 0 Å². The number of piperazine rings is 1. The van der Waals surface area contributed by atoms with Gasteiger partial charge in [-0.05, 0) is 13.3 Å². The summed E-state index contributed by atoms with van der Waals surface area (Å²) in [5.74, 6) is 0.349. The van der Waals surface area contributed by atoms with Gasteiger partial charge in [-0.1, -0.05) is 6.92 Å². The Bertz CT molecular complexity index is 546. The molecule has 1 aliphatic heterocycles. The largest absolute Gasteiger partial charge is 0.370 e. The first-order valence-corrected chi connectivity index (χ1v) is 7.14. The van der Waals surface area contributed by atoms with Gasteiger partial charge >= 0.3 is 11.8 Å². The van der Waals surface area contributed by atoms with E-state index in [2.05, 4.69) is 22.2 Å². The highest BCUT2D eigenvalue weighted by molar-refractivity contribution is 6.35. The second-order valence-corrected chi connectivity index (χ2v) is 5.19. The molecule has 2 amide bonds. The van der Waals surface area contributed by atoms with Crippen molar-refractivity contribution in [1.29, 1.82) is 0 Å². The topological polar surface area (TPSA) is 78.4 Å². The van der Waals surface area contributed by atoms with E-state index >= 15 is 0 Å². The van der Waals surface area contributed by atoms with Crippen LogP contribution in [0.2, 0.25) is 0 Å². The van der Waals surface area contributed by atoms with Gasteiger partial charge in [-0.15, -0.1) is 0 Å². The summed E-state index contributed by atoms with van der Waals surface area (Å²) in [6.45, 7) is 6.12. The molecule has 0 aliphatic carbocycles. The number of nitrogens with one attached hydrogen (secondary N) is 1. The summed E-state index contributed by atoms with van der Waals surface area (Å²) in [5, 5.41) is 3.21. The molecule has 0 bridgehead atoms. The number of rotatable bonds is 5. The normalized spacial score (nSPS) is 15.6. The predicted octanol–water partition coefficient (Wildman–Crippen LogP) is 0.408. The number of likely N-dealkylation sites (N-methyl/N-ethyl adjacent to an activating group) is 1. The molecule has 0 spiro atoms. The molecule has 21 heavy (non-hydrogen) atoms. The van der Waals surface area contributed by atoms with Gasteiger partial charge in [0.05, 0.1) is 6.54 Å². The molecule has 0 atom stereocenters. The first-order valence-electron chi connectivity index (χ1n) is 7.14. The summed E-state index contributed by atoms with van der Waals surface area (Å²) in [6, 6.07) is 1.87. The lowest BCUT2D eigenvalue weighted by Gasteiger charge is -2.31. The summed E-state index contributed by atoms with van der Waals surface area (Å²) in [4.78, 5) is 35.3. The molecular weight excluding hydrogens is 270 g/mol. The zero-order chi connectivity index (χ0) is 15.4.